The molecule has 0 aliphatic carbocycles. The van der Waals surface area contributed by atoms with Gasteiger partial charge in [-0.25, -0.2) is 4.79 Å². The van der Waals surface area contributed by atoms with Crippen molar-refractivity contribution in [2.24, 2.45) is 0 Å². The third kappa shape index (κ3) is 3.15. The van der Waals surface area contributed by atoms with Crippen LogP contribution in [0.4, 0.5) is 16.2 Å². The second-order valence-corrected chi connectivity index (χ2v) is 7.21. The molecular formula is C20H24N2O2. The van der Waals surface area contributed by atoms with E-state index in [2.05, 4.69) is 32.9 Å². The van der Waals surface area contributed by atoms with Gasteiger partial charge in [-0.1, -0.05) is 45.0 Å². The molecule has 2 aromatic carbocycles. The molecule has 0 saturated carbocycles. The van der Waals surface area contributed by atoms with Gasteiger partial charge in [0.05, 0.1) is 6.61 Å². The second kappa shape index (κ2) is 6.29. The van der Waals surface area contributed by atoms with Gasteiger partial charge in [-0.15, -0.1) is 0 Å². The Morgan fingerprint density at radius 1 is 0.958 bits per heavy atom. The molecule has 2 aromatic rings. The predicted octanol–water partition coefficient (Wildman–Crippen LogP) is 3.92. The van der Waals surface area contributed by atoms with Gasteiger partial charge in [-0.3, -0.25) is 9.80 Å². The van der Waals surface area contributed by atoms with Gasteiger partial charge in [0.2, 0.25) is 0 Å². The summed E-state index contributed by atoms with van der Waals surface area (Å²) in [6, 6.07) is 15.7. The summed E-state index contributed by atoms with van der Waals surface area (Å²) in [5.41, 5.74) is 3.94. The summed E-state index contributed by atoms with van der Waals surface area (Å²) < 4.78 is 0. The first-order valence-electron chi connectivity index (χ1n) is 8.29. The number of aliphatic hydroxyl groups is 1. The molecule has 1 aliphatic rings. The van der Waals surface area contributed by atoms with E-state index in [1.54, 1.807) is 4.90 Å². The van der Waals surface area contributed by atoms with Crippen LogP contribution in [-0.4, -0.2) is 24.2 Å². The number of anilines is 2. The van der Waals surface area contributed by atoms with Gasteiger partial charge in [0.1, 0.15) is 0 Å². The van der Waals surface area contributed by atoms with Crippen LogP contribution in [0, 0.1) is 0 Å². The number of hydrogen-bond acceptors (Lipinski definition) is 2. The highest BCUT2D eigenvalue weighted by Crippen LogP contribution is 2.29. The Kier molecular flexibility index (Phi) is 4.33. The number of carbonyl (C=O) groups is 1. The highest BCUT2D eigenvalue weighted by Gasteiger charge is 2.31. The van der Waals surface area contributed by atoms with Gasteiger partial charge < -0.3 is 5.11 Å². The molecule has 126 valence electrons. The molecule has 0 aromatic heterocycles. The maximum Gasteiger partial charge on any atom is 0.329 e. The third-order valence-corrected chi connectivity index (χ3v) is 4.46. The lowest BCUT2D eigenvalue weighted by Gasteiger charge is -2.23. The molecule has 1 saturated heterocycles. The van der Waals surface area contributed by atoms with Crippen molar-refractivity contribution in [2.45, 2.75) is 32.8 Å². The maximum absolute atomic E-state index is 12.8. The number of amides is 2. The quantitative estimate of drug-likeness (QED) is 0.930. The van der Waals surface area contributed by atoms with E-state index >= 15 is 0 Å². The molecule has 0 spiro atoms. The van der Waals surface area contributed by atoms with E-state index in [0.29, 0.717) is 13.1 Å². The van der Waals surface area contributed by atoms with Crippen molar-refractivity contribution in [3.05, 3.63) is 59.7 Å². The van der Waals surface area contributed by atoms with E-state index < -0.39 is 0 Å². The molecular weight excluding hydrogens is 300 g/mol. The highest BCUT2D eigenvalue weighted by atomic mass is 16.3. The summed E-state index contributed by atoms with van der Waals surface area (Å²) in [6.07, 6.45) is 0. The molecule has 1 N–H and O–H groups in total. The molecule has 1 aliphatic heterocycles. The first-order chi connectivity index (χ1) is 11.4. The molecule has 0 radical (unpaired) electrons. The Morgan fingerprint density at radius 3 is 2.17 bits per heavy atom. The number of nitrogens with zero attached hydrogens (tertiary/aromatic N) is 2. The number of hydrogen-bond donors (Lipinski definition) is 1. The zero-order valence-corrected chi connectivity index (χ0v) is 14.5. The normalized spacial score (nSPS) is 15.2. The third-order valence-electron chi connectivity index (χ3n) is 4.46. The largest absolute Gasteiger partial charge is 0.392 e. The number of carbonyl (C=O) groups excluding carboxylic acids is 1. The van der Waals surface area contributed by atoms with Crippen molar-refractivity contribution < 1.29 is 9.90 Å². The highest BCUT2D eigenvalue weighted by molar-refractivity contribution is 6.06. The Bertz CT molecular complexity index is 732. The van der Waals surface area contributed by atoms with Gasteiger partial charge >= 0.3 is 6.03 Å². The first-order valence-corrected chi connectivity index (χ1v) is 8.29. The van der Waals surface area contributed by atoms with Crippen LogP contribution in [0.2, 0.25) is 0 Å². The Balaban J connectivity index is 1.83. The zero-order chi connectivity index (χ0) is 17.3. The average molecular weight is 324 g/mol. The van der Waals surface area contributed by atoms with E-state index in [0.717, 1.165) is 16.9 Å². The predicted molar refractivity (Wildman–Crippen MR) is 97.6 cm³/mol. The number of aliphatic hydroxyl groups excluding tert-OH is 1. The van der Waals surface area contributed by atoms with Crippen LogP contribution in [0.3, 0.4) is 0 Å². The molecule has 1 heterocycles. The van der Waals surface area contributed by atoms with Crippen LogP contribution in [0.5, 0.6) is 0 Å². The van der Waals surface area contributed by atoms with Crippen LogP contribution in [0.25, 0.3) is 0 Å². The van der Waals surface area contributed by atoms with E-state index in [9.17, 15) is 4.79 Å². The van der Waals surface area contributed by atoms with Crippen molar-refractivity contribution in [3.63, 3.8) is 0 Å². The molecule has 0 atom stereocenters. The molecule has 4 heteroatoms. The summed E-state index contributed by atoms with van der Waals surface area (Å²) in [6.45, 7) is 7.87. The SMILES string of the molecule is CC(C)(C)c1cccc(N2CCN(c3ccc(CO)cc3)C2=O)c1. The lowest BCUT2D eigenvalue weighted by Crippen LogP contribution is -2.31. The second-order valence-electron chi connectivity index (χ2n) is 7.21. The molecule has 24 heavy (non-hydrogen) atoms. The Labute approximate surface area is 143 Å². The van der Waals surface area contributed by atoms with Crippen LogP contribution >= 0.6 is 0 Å². The van der Waals surface area contributed by atoms with Crippen molar-refractivity contribution in [1.82, 2.24) is 0 Å². The van der Waals surface area contributed by atoms with Gasteiger partial charge in [-0.05, 0) is 40.8 Å². The molecule has 0 unspecified atom stereocenters. The van der Waals surface area contributed by atoms with Gasteiger partial charge in [0.15, 0.2) is 0 Å². The minimum atomic E-state index is -0.00203. The van der Waals surface area contributed by atoms with Gasteiger partial charge in [0, 0.05) is 24.5 Å². The fraction of sp³-hybridized carbons (Fsp3) is 0.350. The maximum atomic E-state index is 12.8. The van der Waals surface area contributed by atoms with E-state index in [1.807, 2.05) is 41.3 Å². The lowest BCUT2D eigenvalue weighted by molar-refractivity contribution is 0.256. The minimum absolute atomic E-state index is 0.00203. The molecule has 0 bridgehead atoms. The topological polar surface area (TPSA) is 43.8 Å². The summed E-state index contributed by atoms with van der Waals surface area (Å²) in [7, 11) is 0. The summed E-state index contributed by atoms with van der Waals surface area (Å²) in [4.78, 5) is 16.4. The van der Waals surface area contributed by atoms with Crippen LogP contribution in [-0.2, 0) is 12.0 Å². The Morgan fingerprint density at radius 2 is 1.58 bits per heavy atom. The lowest BCUT2D eigenvalue weighted by atomic mass is 9.87. The zero-order valence-electron chi connectivity index (χ0n) is 14.5. The van der Waals surface area contributed by atoms with Crippen molar-refractivity contribution >= 4 is 17.4 Å². The molecule has 4 nitrogen and oxygen atoms in total. The number of benzene rings is 2. The standard InChI is InChI=1S/C20H24N2O2/c1-20(2,3)16-5-4-6-18(13-16)22-12-11-21(19(22)24)17-9-7-15(14-23)8-10-17/h4-10,13,23H,11-12,14H2,1-3H3. The summed E-state index contributed by atoms with van der Waals surface area (Å²) in [5, 5.41) is 9.14. The van der Waals surface area contributed by atoms with Crippen LogP contribution in [0.1, 0.15) is 31.9 Å². The van der Waals surface area contributed by atoms with E-state index in [1.165, 1.54) is 5.56 Å². The molecule has 2 amide bonds. The number of rotatable bonds is 3. The summed E-state index contributed by atoms with van der Waals surface area (Å²) in [5.74, 6) is 0. The monoisotopic (exact) mass is 324 g/mol. The van der Waals surface area contributed by atoms with Crippen molar-refractivity contribution in [2.75, 3.05) is 22.9 Å². The van der Waals surface area contributed by atoms with E-state index in [4.69, 9.17) is 5.11 Å². The average Bonchev–Trinajstić information content (AvgIpc) is 2.96. The van der Waals surface area contributed by atoms with Crippen molar-refractivity contribution in [3.8, 4) is 0 Å². The van der Waals surface area contributed by atoms with Crippen LogP contribution in [0.15, 0.2) is 48.5 Å². The summed E-state index contributed by atoms with van der Waals surface area (Å²) >= 11 is 0. The fourth-order valence-electron chi connectivity index (χ4n) is 2.94. The van der Waals surface area contributed by atoms with Crippen molar-refractivity contribution in [1.29, 1.82) is 0 Å². The number of urea groups is 1. The molecule has 3 rings (SSSR count). The Hall–Kier alpha value is -2.33. The fourth-order valence-corrected chi connectivity index (χ4v) is 2.94. The van der Waals surface area contributed by atoms with Gasteiger partial charge in [0.25, 0.3) is 0 Å². The van der Waals surface area contributed by atoms with Gasteiger partial charge in [-0.2, -0.15) is 0 Å². The van der Waals surface area contributed by atoms with Crippen LogP contribution < -0.4 is 9.80 Å². The van der Waals surface area contributed by atoms with E-state index in [-0.39, 0.29) is 18.1 Å². The smallest absolute Gasteiger partial charge is 0.329 e. The minimum Gasteiger partial charge on any atom is -0.392 e. The molecule has 1 fully saturated rings. The first kappa shape index (κ1) is 16.5.